The van der Waals surface area contributed by atoms with Crippen molar-refractivity contribution in [2.75, 3.05) is 13.7 Å². The molecule has 0 amide bonds. The molecule has 2 rings (SSSR count). The topological polar surface area (TPSA) is 78.9 Å². The van der Waals surface area contributed by atoms with Gasteiger partial charge in [0.1, 0.15) is 5.75 Å². The number of aryl methyl sites for hydroxylation is 1. The molecule has 1 aromatic carbocycles. The molecule has 2 aromatic rings. The van der Waals surface area contributed by atoms with E-state index >= 15 is 0 Å². The Labute approximate surface area is 112 Å². The van der Waals surface area contributed by atoms with Gasteiger partial charge in [0.2, 0.25) is 0 Å². The molecule has 0 bridgehead atoms. The van der Waals surface area contributed by atoms with E-state index in [1.165, 1.54) is 0 Å². The molecule has 2 N–H and O–H groups in total. The maximum absolute atomic E-state index is 5.49. The predicted molar refractivity (Wildman–Crippen MR) is 71.9 cm³/mol. The molecule has 0 saturated heterocycles. The molecule has 6 nitrogen and oxygen atoms in total. The normalized spacial score (nSPS) is 10.6. The van der Waals surface area contributed by atoms with Gasteiger partial charge in [-0.15, -0.1) is 5.10 Å². The van der Waals surface area contributed by atoms with Crippen LogP contribution in [0.2, 0.25) is 0 Å². The summed E-state index contributed by atoms with van der Waals surface area (Å²) in [6.07, 6.45) is 2.63. The van der Waals surface area contributed by atoms with E-state index in [9.17, 15) is 0 Å². The van der Waals surface area contributed by atoms with E-state index in [4.69, 9.17) is 10.5 Å². The average Bonchev–Trinajstić information content (AvgIpc) is 2.87. The molecule has 0 atom stereocenters. The third-order valence-corrected chi connectivity index (χ3v) is 2.97. The number of benzene rings is 1. The van der Waals surface area contributed by atoms with Crippen LogP contribution in [-0.2, 0) is 13.0 Å². The number of ether oxygens (including phenoxy) is 1. The minimum atomic E-state index is 0.666. The second-order valence-corrected chi connectivity index (χ2v) is 4.30. The zero-order chi connectivity index (χ0) is 13.5. The van der Waals surface area contributed by atoms with Crippen LogP contribution in [0.1, 0.15) is 24.2 Å². The van der Waals surface area contributed by atoms with Gasteiger partial charge in [0.15, 0.2) is 5.82 Å². The van der Waals surface area contributed by atoms with Crippen LogP contribution in [0.25, 0.3) is 0 Å². The van der Waals surface area contributed by atoms with E-state index in [0.29, 0.717) is 13.0 Å². The highest BCUT2D eigenvalue weighted by molar-refractivity contribution is 5.35. The number of unbranched alkanes of at least 4 members (excludes halogenated alkanes) is 1. The van der Waals surface area contributed by atoms with Crippen LogP contribution in [-0.4, -0.2) is 33.9 Å². The van der Waals surface area contributed by atoms with Crippen LogP contribution < -0.4 is 10.5 Å². The van der Waals surface area contributed by atoms with Gasteiger partial charge in [-0.3, -0.25) is 0 Å². The Bertz CT molecular complexity index is 511. The highest BCUT2D eigenvalue weighted by Gasteiger charge is 2.09. The molecule has 0 spiro atoms. The van der Waals surface area contributed by atoms with Gasteiger partial charge in [0.25, 0.3) is 0 Å². The van der Waals surface area contributed by atoms with Crippen LogP contribution in [0.5, 0.6) is 5.75 Å². The number of nitrogens with two attached hydrogens (primary N) is 1. The van der Waals surface area contributed by atoms with Crippen molar-refractivity contribution in [2.45, 2.75) is 25.8 Å². The Morgan fingerprint density at radius 2 is 2.11 bits per heavy atom. The third kappa shape index (κ3) is 3.51. The van der Waals surface area contributed by atoms with Crippen molar-refractivity contribution in [3.8, 4) is 5.75 Å². The fourth-order valence-corrected chi connectivity index (χ4v) is 1.95. The number of aromatic nitrogens is 4. The Kier molecular flexibility index (Phi) is 4.85. The Hall–Kier alpha value is -1.95. The molecular formula is C13H19N5O. The quantitative estimate of drug-likeness (QED) is 0.752. The lowest BCUT2D eigenvalue weighted by atomic mass is 10.1. The summed E-state index contributed by atoms with van der Waals surface area (Å²) in [7, 11) is 1.67. The first-order valence-corrected chi connectivity index (χ1v) is 6.42. The van der Waals surface area contributed by atoms with Crippen LogP contribution in [0.4, 0.5) is 0 Å². The predicted octanol–water partition coefficient (Wildman–Crippen LogP) is 1.01. The molecule has 102 valence electrons. The first-order valence-electron chi connectivity index (χ1n) is 6.42. The number of nitrogens with zero attached hydrogens (tertiary/aromatic N) is 4. The summed E-state index contributed by atoms with van der Waals surface area (Å²) in [5.41, 5.74) is 6.57. The van der Waals surface area contributed by atoms with Gasteiger partial charge in [0, 0.05) is 18.5 Å². The van der Waals surface area contributed by atoms with Crippen molar-refractivity contribution in [3.05, 3.63) is 35.7 Å². The highest BCUT2D eigenvalue weighted by Crippen LogP contribution is 2.19. The molecule has 0 saturated carbocycles. The number of rotatable bonds is 7. The Balaban J connectivity index is 2.08. The van der Waals surface area contributed by atoms with Crippen molar-refractivity contribution < 1.29 is 4.74 Å². The summed E-state index contributed by atoms with van der Waals surface area (Å²) in [5.74, 6) is 1.71. The largest absolute Gasteiger partial charge is 0.496 e. The van der Waals surface area contributed by atoms with E-state index in [2.05, 4.69) is 15.5 Å². The maximum atomic E-state index is 5.49. The summed E-state index contributed by atoms with van der Waals surface area (Å²) < 4.78 is 7.17. The molecule has 1 aromatic heterocycles. The lowest BCUT2D eigenvalue weighted by molar-refractivity contribution is 0.409. The molecule has 0 fully saturated rings. The number of hydrogen-bond acceptors (Lipinski definition) is 5. The monoisotopic (exact) mass is 261 g/mol. The van der Waals surface area contributed by atoms with Crippen LogP contribution in [0, 0.1) is 0 Å². The van der Waals surface area contributed by atoms with E-state index in [0.717, 1.165) is 36.5 Å². The summed E-state index contributed by atoms with van der Waals surface area (Å²) in [6, 6.07) is 7.91. The van der Waals surface area contributed by atoms with Crippen LogP contribution in [0.3, 0.4) is 0 Å². The van der Waals surface area contributed by atoms with Gasteiger partial charge in [-0.1, -0.05) is 18.2 Å². The van der Waals surface area contributed by atoms with Gasteiger partial charge >= 0.3 is 0 Å². The number of para-hydroxylation sites is 1. The molecule has 0 radical (unpaired) electrons. The molecule has 0 aliphatic heterocycles. The van der Waals surface area contributed by atoms with Crippen LogP contribution in [0.15, 0.2) is 24.3 Å². The highest BCUT2D eigenvalue weighted by atomic mass is 16.5. The zero-order valence-corrected chi connectivity index (χ0v) is 11.1. The Morgan fingerprint density at radius 1 is 1.26 bits per heavy atom. The second-order valence-electron chi connectivity index (χ2n) is 4.30. The number of tetrazole rings is 1. The van der Waals surface area contributed by atoms with Gasteiger partial charge in [-0.2, -0.15) is 0 Å². The van der Waals surface area contributed by atoms with Crippen molar-refractivity contribution in [1.29, 1.82) is 0 Å². The minimum Gasteiger partial charge on any atom is -0.496 e. The SMILES string of the molecule is COc1ccccc1Cc1nnnn1CCCCN. The van der Waals surface area contributed by atoms with Crippen molar-refractivity contribution >= 4 is 0 Å². The van der Waals surface area contributed by atoms with Crippen LogP contribution >= 0.6 is 0 Å². The molecular weight excluding hydrogens is 242 g/mol. The molecule has 0 aliphatic carbocycles. The first kappa shape index (κ1) is 13.5. The van der Waals surface area contributed by atoms with Crippen molar-refractivity contribution in [1.82, 2.24) is 20.2 Å². The van der Waals surface area contributed by atoms with Crippen molar-refractivity contribution in [2.24, 2.45) is 5.73 Å². The molecule has 0 unspecified atom stereocenters. The minimum absolute atomic E-state index is 0.666. The molecule has 1 heterocycles. The lowest BCUT2D eigenvalue weighted by Gasteiger charge is -2.08. The fourth-order valence-electron chi connectivity index (χ4n) is 1.95. The standard InChI is InChI=1S/C13H19N5O/c1-19-12-7-3-2-6-11(12)10-13-15-16-17-18(13)9-5-4-8-14/h2-3,6-7H,4-5,8-10,14H2,1H3. The Morgan fingerprint density at radius 3 is 2.89 bits per heavy atom. The summed E-state index contributed by atoms with van der Waals surface area (Å²) in [4.78, 5) is 0. The van der Waals surface area contributed by atoms with E-state index in [1.54, 1.807) is 7.11 Å². The summed E-state index contributed by atoms with van der Waals surface area (Å²) in [6.45, 7) is 1.50. The van der Waals surface area contributed by atoms with E-state index in [1.807, 2.05) is 28.9 Å². The van der Waals surface area contributed by atoms with Crippen molar-refractivity contribution in [3.63, 3.8) is 0 Å². The number of methoxy groups -OCH3 is 1. The lowest BCUT2D eigenvalue weighted by Crippen LogP contribution is -2.09. The number of hydrogen-bond donors (Lipinski definition) is 1. The van der Waals surface area contributed by atoms with Gasteiger partial charge in [0.05, 0.1) is 7.11 Å². The van der Waals surface area contributed by atoms with E-state index in [-0.39, 0.29) is 0 Å². The summed E-state index contributed by atoms with van der Waals surface area (Å²) >= 11 is 0. The third-order valence-electron chi connectivity index (χ3n) is 2.97. The zero-order valence-electron chi connectivity index (χ0n) is 11.1. The maximum Gasteiger partial charge on any atom is 0.155 e. The second kappa shape index (κ2) is 6.84. The smallest absolute Gasteiger partial charge is 0.155 e. The fraction of sp³-hybridized carbons (Fsp3) is 0.462. The summed E-state index contributed by atoms with van der Waals surface area (Å²) in [5, 5.41) is 11.8. The van der Waals surface area contributed by atoms with Gasteiger partial charge in [-0.25, -0.2) is 4.68 Å². The molecule has 6 heteroatoms. The molecule has 0 aliphatic rings. The van der Waals surface area contributed by atoms with Gasteiger partial charge in [-0.05, 0) is 35.9 Å². The van der Waals surface area contributed by atoms with Gasteiger partial charge < -0.3 is 10.5 Å². The van der Waals surface area contributed by atoms with E-state index < -0.39 is 0 Å². The molecule has 19 heavy (non-hydrogen) atoms. The first-order chi connectivity index (χ1) is 9.35. The average molecular weight is 261 g/mol.